The van der Waals surface area contributed by atoms with E-state index in [-0.39, 0.29) is 30.5 Å². The molecular formula is C20H27FN6O2S. The van der Waals surface area contributed by atoms with Crippen LogP contribution in [0.5, 0.6) is 5.88 Å². The topological polar surface area (TPSA) is 117 Å². The number of alkyl halides is 1. The number of aryl methyl sites for hydroxylation is 1. The van der Waals surface area contributed by atoms with Crippen molar-refractivity contribution < 1.29 is 13.9 Å². The number of nitrogens with zero attached hydrogens (tertiary/aromatic N) is 3. The van der Waals surface area contributed by atoms with E-state index in [1.165, 1.54) is 17.5 Å². The summed E-state index contributed by atoms with van der Waals surface area (Å²) in [5.74, 6) is 5.81. The molecule has 2 aliphatic carbocycles. The second kappa shape index (κ2) is 9.22. The van der Waals surface area contributed by atoms with Crippen LogP contribution in [0.25, 0.3) is 10.2 Å². The van der Waals surface area contributed by atoms with Gasteiger partial charge in [-0.2, -0.15) is 0 Å². The summed E-state index contributed by atoms with van der Waals surface area (Å²) in [4.78, 5) is 24.7. The minimum Gasteiger partial charge on any atom is -0.474 e. The number of hydrogen-bond donors (Lipinski definition) is 3. The lowest BCUT2D eigenvalue weighted by molar-refractivity contribution is -0.121. The molecule has 0 saturated heterocycles. The number of rotatable bonds is 8. The van der Waals surface area contributed by atoms with Gasteiger partial charge in [-0.1, -0.05) is 0 Å². The maximum atomic E-state index is 12.7. The number of hydrogen-bond acceptors (Lipinski definition) is 7. The van der Waals surface area contributed by atoms with E-state index in [4.69, 9.17) is 16.0 Å². The lowest BCUT2D eigenvalue weighted by Gasteiger charge is -2.35. The van der Waals surface area contributed by atoms with Gasteiger partial charge in [0.05, 0.1) is 11.7 Å². The molecule has 10 heteroatoms. The van der Waals surface area contributed by atoms with Gasteiger partial charge in [0.15, 0.2) is 0 Å². The van der Waals surface area contributed by atoms with Crippen molar-refractivity contribution in [3.8, 4) is 5.88 Å². The molecule has 0 aromatic carbocycles. The number of hydrazine groups is 1. The third kappa shape index (κ3) is 4.11. The number of nitrogens with one attached hydrogen (secondary N) is 2. The van der Waals surface area contributed by atoms with Crippen molar-refractivity contribution in [3.05, 3.63) is 16.8 Å². The zero-order chi connectivity index (χ0) is 21.1. The van der Waals surface area contributed by atoms with Gasteiger partial charge in [-0.3, -0.25) is 15.6 Å². The summed E-state index contributed by atoms with van der Waals surface area (Å²) in [7, 11) is 0. The van der Waals surface area contributed by atoms with Crippen LogP contribution in [-0.4, -0.2) is 52.5 Å². The summed E-state index contributed by atoms with van der Waals surface area (Å²) in [6.45, 7) is -0.178. The molecule has 162 valence electrons. The van der Waals surface area contributed by atoms with Gasteiger partial charge in [0, 0.05) is 23.9 Å². The maximum absolute atomic E-state index is 12.7. The number of amides is 1. The van der Waals surface area contributed by atoms with E-state index >= 15 is 0 Å². The van der Waals surface area contributed by atoms with Gasteiger partial charge in [-0.25, -0.2) is 20.2 Å². The van der Waals surface area contributed by atoms with E-state index in [9.17, 15) is 9.18 Å². The Morgan fingerprint density at radius 3 is 2.87 bits per heavy atom. The predicted octanol–water partition coefficient (Wildman–Crippen LogP) is 2.67. The average molecular weight is 435 g/mol. The van der Waals surface area contributed by atoms with Crippen LogP contribution in [-0.2, 0) is 11.2 Å². The van der Waals surface area contributed by atoms with E-state index in [1.807, 2.05) is 0 Å². The van der Waals surface area contributed by atoms with Crippen LogP contribution in [0.2, 0.25) is 0 Å². The molecule has 0 bridgehead atoms. The van der Waals surface area contributed by atoms with Gasteiger partial charge < -0.3 is 9.64 Å². The van der Waals surface area contributed by atoms with Gasteiger partial charge in [-0.15, -0.1) is 11.3 Å². The number of aromatic nitrogens is 2. The van der Waals surface area contributed by atoms with Crippen molar-refractivity contribution in [2.24, 2.45) is 5.84 Å². The maximum Gasteiger partial charge on any atom is 0.234 e. The Bertz CT molecular complexity index is 914. The highest BCUT2D eigenvalue weighted by Gasteiger charge is 2.32. The van der Waals surface area contributed by atoms with Crippen molar-refractivity contribution in [1.82, 2.24) is 20.3 Å². The molecule has 0 radical (unpaired) electrons. The fourth-order valence-corrected chi connectivity index (χ4v) is 5.95. The Balaban J connectivity index is 1.51. The predicted molar refractivity (Wildman–Crippen MR) is 114 cm³/mol. The minimum absolute atomic E-state index is 0.0278. The molecule has 1 amide bonds. The standard InChI is InChI=1S/C20H27FN6O2S/c21-7-8-27(10-22)13-2-4-14(5-3-13)29-19-18-17-12(9-16(28)26-23)1-6-15(17)30-20(18)25-11-24-19/h10-14,22H,1-9,23H2,(H,26,28)/t12-,13?,14?/m1/s1. The first-order valence-electron chi connectivity index (χ1n) is 10.4. The molecule has 2 aliphatic rings. The molecule has 0 aliphatic heterocycles. The van der Waals surface area contributed by atoms with Crippen LogP contribution >= 0.6 is 11.3 Å². The van der Waals surface area contributed by atoms with E-state index in [2.05, 4.69) is 15.4 Å². The fraction of sp³-hybridized carbons (Fsp3) is 0.600. The Labute approximate surface area is 178 Å². The fourth-order valence-electron chi connectivity index (χ4n) is 4.72. The van der Waals surface area contributed by atoms with Crippen LogP contribution in [0.3, 0.4) is 0 Å². The van der Waals surface area contributed by atoms with Crippen LogP contribution in [0.15, 0.2) is 6.33 Å². The second-order valence-electron chi connectivity index (χ2n) is 7.91. The molecule has 0 spiro atoms. The molecule has 4 N–H and O–H groups in total. The highest BCUT2D eigenvalue weighted by Crippen LogP contribution is 2.47. The largest absolute Gasteiger partial charge is 0.474 e. The van der Waals surface area contributed by atoms with Crippen molar-refractivity contribution in [2.45, 2.75) is 63.0 Å². The molecule has 8 nitrogen and oxygen atoms in total. The summed E-state index contributed by atoms with van der Waals surface area (Å²) in [6.07, 6.45) is 8.37. The van der Waals surface area contributed by atoms with Crippen molar-refractivity contribution in [1.29, 1.82) is 5.41 Å². The average Bonchev–Trinajstić information content (AvgIpc) is 3.32. The molecule has 1 fully saturated rings. The highest BCUT2D eigenvalue weighted by atomic mass is 32.1. The molecule has 2 heterocycles. The Hall–Kier alpha value is -2.33. The molecule has 2 aromatic rings. The Morgan fingerprint density at radius 2 is 2.17 bits per heavy atom. The summed E-state index contributed by atoms with van der Waals surface area (Å²) < 4.78 is 19.0. The molecule has 30 heavy (non-hydrogen) atoms. The number of nitrogens with two attached hydrogens (primary N) is 1. The Morgan fingerprint density at radius 1 is 1.37 bits per heavy atom. The van der Waals surface area contributed by atoms with E-state index < -0.39 is 6.67 Å². The molecule has 4 rings (SSSR count). The number of carbonyl (C=O) groups is 1. The van der Waals surface area contributed by atoms with Crippen LogP contribution in [0, 0.1) is 5.41 Å². The molecule has 1 saturated carbocycles. The lowest BCUT2D eigenvalue weighted by Crippen LogP contribution is -2.40. The van der Waals surface area contributed by atoms with Gasteiger partial charge in [-0.05, 0) is 50.0 Å². The van der Waals surface area contributed by atoms with E-state index in [0.29, 0.717) is 12.3 Å². The summed E-state index contributed by atoms with van der Waals surface area (Å²) in [6, 6.07) is 0.188. The van der Waals surface area contributed by atoms with Gasteiger partial charge in [0.2, 0.25) is 11.8 Å². The van der Waals surface area contributed by atoms with Crippen LogP contribution in [0.4, 0.5) is 4.39 Å². The summed E-state index contributed by atoms with van der Waals surface area (Å²) >= 11 is 1.65. The number of fused-ring (bicyclic) bond motifs is 3. The highest BCUT2D eigenvalue weighted by molar-refractivity contribution is 7.19. The normalized spacial score (nSPS) is 23.2. The van der Waals surface area contributed by atoms with E-state index in [0.717, 1.165) is 54.3 Å². The van der Waals surface area contributed by atoms with Crippen LogP contribution < -0.4 is 16.0 Å². The minimum atomic E-state index is -0.447. The zero-order valence-electron chi connectivity index (χ0n) is 16.8. The van der Waals surface area contributed by atoms with E-state index in [1.54, 1.807) is 16.2 Å². The summed E-state index contributed by atoms with van der Waals surface area (Å²) in [5, 5.41) is 8.44. The monoisotopic (exact) mass is 434 g/mol. The quantitative estimate of drug-likeness (QED) is 0.193. The first-order valence-corrected chi connectivity index (χ1v) is 11.2. The summed E-state index contributed by atoms with van der Waals surface area (Å²) in [5.41, 5.74) is 3.37. The smallest absolute Gasteiger partial charge is 0.234 e. The van der Waals surface area contributed by atoms with Crippen molar-refractivity contribution >= 4 is 33.8 Å². The Kier molecular flexibility index (Phi) is 6.43. The lowest BCUT2D eigenvalue weighted by atomic mass is 9.92. The molecule has 0 unspecified atom stereocenters. The van der Waals surface area contributed by atoms with Crippen molar-refractivity contribution in [3.63, 3.8) is 0 Å². The molecular weight excluding hydrogens is 407 g/mol. The van der Waals surface area contributed by atoms with Gasteiger partial charge in [0.1, 0.15) is 23.9 Å². The SMILES string of the molecule is N=CN(CCF)C1CCC(Oc2ncnc3sc4c(c23)[C@@H](CC(=O)NN)CC4)CC1. The zero-order valence-corrected chi connectivity index (χ0v) is 17.6. The first-order chi connectivity index (χ1) is 14.6. The third-order valence-corrected chi connectivity index (χ3v) is 7.36. The van der Waals surface area contributed by atoms with Gasteiger partial charge >= 0.3 is 0 Å². The van der Waals surface area contributed by atoms with Crippen LogP contribution in [0.1, 0.15) is 54.9 Å². The number of ether oxygens (including phenoxy) is 1. The number of thiophene rings is 1. The van der Waals surface area contributed by atoms with Crippen molar-refractivity contribution in [2.75, 3.05) is 13.2 Å². The molecule has 1 atom stereocenters. The second-order valence-corrected chi connectivity index (χ2v) is 8.99. The number of carbonyl (C=O) groups excluding carboxylic acids is 1. The molecule has 2 aromatic heterocycles. The first kappa shape index (κ1) is 20.9. The number of halogens is 1. The third-order valence-electron chi connectivity index (χ3n) is 6.19. The van der Waals surface area contributed by atoms with Gasteiger partial charge in [0.25, 0.3) is 0 Å².